The monoisotopic (exact) mass is 244 g/mol. The molecule has 0 amide bonds. The number of halogens is 3. The van der Waals surface area contributed by atoms with Gasteiger partial charge < -0.3 is 0 Å². The predicted molar refractivity (Wildman–Crippen MR) is 43.2 cm³/mol. The van der Waals surface area contributed by atoms with Gasteiger partial charge in [0.25, 0.3) is 0 Å². The highest BCUT2D eigenvalue weighted by Crippen LogP contribution is 2.19. The highest BCUT2D eigenvalue weighted by molar-refractivity contribution is 14.2. The summed E-state index contributed by atoms with van der Waals surface area (Å²) in [5.74, 6) is 0. The van der Waals surface area contributed by atoms with Crippen LogP contribution in [0.5, 0.6) is 0 Å². The second-order valence-electron chi connectivity index (χ2n) is 1.20. The fourth-order valence-corrected chi connectivity index (χ4v) is 1.89. The van der Waals surface area contributed by atoms with Gasteiger partial charge in [0.15, 0.2) is 3.76 Å². The summed E-state index contributed by atoms with van der Waals surface area (Å²) in [7, 11) is 0. The Bertz CT molecular complexity index is 161. The van der Waals surface area contributed by atoms with Crippen LogP contribution in [0.2, 0.25) is 0 Å². The minimum Gasteiger partial charge on any atom is -0.199 e. The quantitative estimate of drug-likeness (QED) is 0.575. The van der Waals surface area contributed by atoms with Crippen molar-refractivity contribution in [3.8, 4) is 0 Å². The lowest BCUT2D eigenvalue weighted by atomic mass is 10.5. The van der Waals surface area contributed by atoms with Gasteiger partial charge in [-0.2, -0.15) is 4.39 Å². The van der Waals surface area contributed by atoms with E-state index in [1.54, 1.807) is 12.2 Å². The van der Waals surface area contributed by atoms with Crippen LogP contribution in [0.4, 0.5) is 4.39 Å². The van der Waals surface area contributed by atoms with E-state index in [1.165, 1.54) is 0 Å². The van der Waals surface area contributed by atoms with Crippen LogP contribution in [0.15, 0.2) is 21.3 Å². The van der Waals surface area contributed by atoms with Gasteiger partial charge in [0.05, 0.1) is 5.03 Å². The third-order valence-corrected chi connectivity index (χ3v) is 3.17. The van der Waals surface area contributed by atoms with E-state index in [1.807, 2.05) is 4.08 Å². The molecule has 0 aromatic carbocycles. The Morgan fingerprint density at radius 3 is 2.75 bits per heavy atom. The van der Waals surface area contributed by atoms with Crippen molar-refractivity contribution in [3.63, 3.8) is 0 Å². The third kappa shape index (κ3) is 1.39. The average molecular weight is 244 g/mol. The van der Waals surface area contributed by atoms with Gasteiger partial charge in [-0.1, -0.05) is 38.4 Å². The summed E-state index contributed by atoms with van der Waals surface area (Å²) in [6.07, 6.45) is 3.36. The van der Waals surface area contributed by atoms with E-state index in [2.05, 4.69) is 0 Å². The zero-order chi connectivity index (χ0) is 5.98. The molecule has 3 heteroatoms. The number of hydrogen-bond donors (Lipinski definition) is 0. The molecule has 0 unspecified atom stereocenters. The van der Waals surface area contributed by atoms with Crippen molar-refractivity contribution in [2.24, 2.45) is 0 Å². The number of rotatable bonds is 0. The molecule has 0 N–H and O–H groups in total. The Balaban J connectivity index is 2.93. The minimum absolute atomic E-state index is 0.132. The van der Waals surface area contributed by atoms with Crippen molar-refractivity contribution >= 4 is 36.1 Å². The normalized spacial score (nSPS) is 18.8. The Morgan fingerprint density at radius 1 is 1.62 bits per heavy atom. The molecule has 8 heavy (non-hydrogen) atoms. The topological polar surface area (TPSA) is 0 Å². The summed E-state index contributed by atoms with van der Waals surface area (Å²) in [6.45, 7) is 0. The summed E-state index contributed by atoms with van der Waals surface area (Å²) < 4.78 is 14.0. The molecule has 0 aromatic rings. The molecular formula is C5H3ClFI. The summed E-state index contributed by atoms with van der Waals surface area (Å²) in [6, 6.07) is 0. The molecule has 44 valence electrons. The van der Waals surface area contributed by atoms with Crippen LogP contribution in [0, 0.1) is 0 Å². The van der Waals surface area contributed by atoms with Crippen LogP contribution in [0.3, 0.4) is 0 Å². The molecule has 1 aliphatic rings. The lowest BCUT2D eigenvalue weighted by Gasteiger charge is -1.92. The maximum Gasteiger partial charge on any atom is 0.173 e. The molecule has 0 fully saturated rings. The largest absolute Gasteiger partial charge is 0.199 e. The Kier molecular flexibility index (Phi) is 2.19. The van der Waals surface area contributed by atoms with E-state index < -0.39 is 20.7 Å². The third-order valence-electron chi connectivity index (χ3n) is 0.655. The molecular weight excluding hydrogens is 241 g/mol. The van der Waals surface area contributed by atoms with Crippen LogP contribution in [0.25, 0.3) is 0 Å². The summed E-state index contributed by atoms with van der Waals surface area (Å²) >= 11 is 4.87. The van der Waals surface area contributed by atoms with E-state index in [0.717, 1.165) is 0 Å². The van der Waals surface area contributed by atoms with Gasteiger partial charge in [-0.15, -0.1) is 0 Å². The van der Waals surface area contributed by atoms with Crippen molar-refractivity contribution < 1.29 is 4.39 Å². The number of hydrogen-bond acceptors (Lipinski definition) is 0. The Morgan fingerprint density at radius 2 is 2.38 bits per heavy atom. The Labute approximate surface area is 61.8 Å². The van der Waals surface area contributed by atoms with Crippen molar-refractivity contribution in [2.75, 3.05) is 0 Å². The first-order valence-electron chi connectivity index (χ1n) is 1.99. The molecule has 0 atom stereocenters. The van der Waals surface area contributed by atoms with Gasteiger partial charge >= 0.3 is 0 Å². The Hall–Kier alpha value is 0.300. The van der Waals surface area contributed by atoms with Crippen LogP contribution in [-0.4, -0.2) is 3.76 Å². The van der Waals surface area contributed by atoms with E-state index in [-0.39, 0.29) is 8.79 Å². The van der Waals surface area contributed by atoms with Crippen molar-refractivity contribution in [3.05, 3.63) is 21.3 Å². The second-order valence-corrected chi connectivity index (χ2v) is 3.90. The molecule has 0 spiro atoms. The molecule has 0 bridgehead atoms. The minimum atomic E-state index is -0.519. The van der Waals surface area contributed by atoms with Crippen LogP contribution in [0.1, 0.15) is 0 Å². The summed E-state index contributed by atoms with van der Waals surface area (Å²) in [4.78, 5) is 0. The first-order chi connectivity index (χ1) is 3.80. The van der Waals surface area contributed by atoms with Crippen molar-refractivity contribution in [1.82, 2.24) is 0 Å². The maximum atomic E-state index is 12.3. The molecule has 0 nitrogen and oxygen atoms in total. The second kappa shape index (κ2) is 2.73. The SMILES string of the molecule is FC1=IC=CC=C1Cl. The van der Waals surface area contributed by atoms with E-state index >= 15 is 0 Å². The molecule has 0 radical (unpaired) electrons. The molecule has 0 saturated heterocycles. The molecule has 0 saturated carbocycles. The molecule has 1 heterocycles. The van der Waals surface area contributed by atoms with Gasteiger partial charge in [-0.05, 0) is 10.2 Å². The lowest BCUT2D eigenvalue weighted by molar-refractivity contribution is 0.837. The smallest absolute Gasteiger partial charge is 0.173 e. The van der Waals surface area contributed by atoms with Gasteiger partial charge in [0, 0.05) is 0 Å². The average Bonchev–Trinajstić information content (AvgIpc) is 1.77. The van der Waals surface area contributed by atoms with Crippen LogP contribution >= 0.6 is 32.3 Å². The van der Waals surface area contributed by atoms with Gasteiger partial charge in [-0.3, -0.25) is 0 Å². The van der Waals surface area contributed by atoms with Crippen LogP contribution in [-0.2, 0) is 0 Å². The van der Waals surface area contributed by atoms with E-state index in [4.69, 9.17) is 11.6 Å². The lowest BCUT2D eigenvalue weighted by Crippen LogP contribution is -1.83. The fourth-order valence-electron chi connectivity index (χ4n) is 0.328. The zero-order valence-corrected chi connectivity index (χ0v) is 6.78. The highest BCUT2D eigenvalue weighted by atomic mass is 127. The highest BCUT2D eigenvalue weighted by Gasteiger charge is 1.99. The van der Waals surface area contributed by atoms with E-state index in [9.17, 15) is 4.39 Å². The van der Waals surface area contributed by atoms with Gasteiger partial charge in [0.1, 0.15) is 0 Å². The zero-order valence-electron chi connectivity index (χ0n) is 3.87. The van der Waals surface area contributed by atoms with E-state index in [0.29, 0.717) is 0 Å². The molecule has 1 rings (SSSR count). The first kappa shape index (κ1) is 6.42. The molecule has 0 aromatic heterocycles. The van der Waals surface area contributed by atoms with Crippen molar-refractivity contribution in [1.29, 1.82) is 0 Å². The van der Waals surface area contributed by atoms with Gasteiger partial charge in [-0.25, -0.2) is 0 Å². The fraction of sp³-hybridized carbons (Fsp3) is 0. The first-order valence-corrected chi connectivity index (χ1v) is 4.69. The van der Waals surface area contributed by atoms with Gasteiger partial charge in [0.2, 0.25) is 0 Å². The predicted octanol–water partition coefficient (Wildman–Crippen LogP) is 2.71. The number of allylic oxidation sites excluding steroid dienone is 3. The standard InChI is InChI=1S/C5H3ClFI/c6-4-2-1-3-8-5(4)7/h1-3H. The van der Waals surface area contributed by atoms with Crippen molar-refractivity contribution in [2.45, 2.75) is 0 Å². The molecule has 0 aliphatic carbocycles. The summed E-state index contributed by atoms with van der Waals surface area (Å²) in [5.41, 5.74) is 0. The van der Waals surface area contributed by atoms with Crippen LogP contribution < -0.4 is 0 Å². The maximum absolute atomic E-state index is 12.3. The summed E-state index contributed by atoms with van der Waals surface area (Å²) in [5, 5.41) is 0.278. The molecule has 1 aliphatic heterocycles.